The van der Waals surface area contributed by atoms with Crippen LogP contribution >= 0.6 is 24.0 Å². The number of amides is 1. The smallest absolute Gasteiger partial charge is 0.248 e. The summed E-state index contributed by atoms with van der Waals surface area (Å²) in [6, 6.07) is 15.7. The van der Waals surface area contributed by atoms with Gasteiger partial charge in [-0.25, -0.2) is 0 Å². The van der Waals surface area contributed by atoms with E-state index < -0.39 is 5.91 Å². The SMILES string of the molecule is CN=C(NCc1cccc(C(N)=O)c1)NC1CC2(CCCC2)Oc2ccccc21.I. The molecule has 1 aliphatic carbocycles. The van der Waals surface area contributed by atoms with E-state index in [0.29, 0.717) is 12.1 Å². The Kier molecular flexibility index (Phi) is 7.23. The van der Waals surface area contributed by atoms with Crippen LogP contribution in [0.4, 0.5) is 0 Å². The molecule has 30 heavy (non-hydrogen) atoms. The maximum atomic E-state index is 11.4. The average molecular weight is 520 g/mol. The standard InChI is InChI=1S/C23H28N4O2.HI/c1-25-22(26-15-16-7-6-8-17(13-16)21(24)28)27-19-14-23(11-4-5-12-23)29-20-10-3-2-9-18(19)20;/h2-3,6-10,13,19H,4-5,11-12,14-15H2,1H3,(H2,24,28)(H2,25,26,27);1H. The first-order valence-electron chi connectivity index (χ1n) is 10.2. The molecule has 0 aromatic heterocycles. The Bertz CT molecular complexity index is 925. The molecule has 0 bridgehead atoms. The average Bonchev–Trinajstić information content (AvgIpc) is 3.18. The van der Waals surface area contributed by atoms with Gasteiger partial charge in [-0.15, -0.1) is 24.0 Å². The molecule has 6 nitrogen and oxygen atoms in total. The molecule has 0 saturated heterocycles. The lowest BCUT2D eigenvalue weighted by molar-refractivity contribution is 0.0396. The molecule has 2 aromatic rings. The number of guanidine groups is 1. The molecule has 1 spiro atoms. The summed E-state index contributed by atoms with van der Waals surface area (Å²) >= 11 is 0. The van der Waals surface area contributed by atoms with Crippen LogP contribution in [0.1, 0.15) is 59.6 Å². The number of nitrogens with one attached hydrogen (secondary N) is 2. The van der Waals surface area contributed by atoms with E-state index in [4.69, 9.17) is 10.5 Å². The van der Waals surface area contributed by atoms with E-state index in [9.17, 15) is 4.79 Å². The summed E-state index contributed by atoms with van der Waals surface area (Å²) in [4.78, 5) is 15.8. The first kappa shape index (κ1) is 22.4. The largest absolute Gasteiger partial charge is 0.487 e. The van der Waals surface area contributed by atoms with E-state index in [2.05, 4.69) is 33.8 Å². The molecule has 1 fully saturated rings. The van der Waals surface area contributed by atoms with Crippen molar-refractivity contribution in [2.24, 2.45) is 10.7 Å². The van der Waals surface area contributed by atoms with Crippen LogP contribution < -0.4 is 21.1 Å². The number of halogens is 1. The van der Waals surface area contributed by atoms with Crippen LogP contribution in [0.3, 0.4) is 0 Å². The molecular formula is C23H29IN4O2. The first-order valence-corrected chi connectivity index (χ1v) is 10.2. The second-order valence-corrected chi connectivity index (χ2v) is 7.92. The van der Waals surface area contributed by atoms with Crippen molar-refractivity contribution in [3.8, 4) is 5.75 Å². The number of nitrogens with zero attached hydrogens (tertiary/aromatic N) is 1. The minimum atomic E-state index is -0.421. The number of hydrogen-bond donors (Lipinski definition) is 3. The summed E-state index contributed by atoms with van der Waals surface area (Å²) in [6.45, 7) is 0.552. The van der Waals surface area contributed by atoms with E-state index in [1.807, 2.05) is 18.2 Å². The molecule has 4 rings (SSSR count). The van der Waals surface area contributed by atoms with Crippen LogP contribution in [0, 0.1) is 0 Å². The third-order valence-electron chi connectivity index (χ3n) is 5.92. The molecule has 160 valence electrons. The lowest BCUT2D eigenvalue weighted by atomic mass is 9.86. The molecule has 1 amide bonds. The number of carbonyl (C=O) groups is 1. The lowest BCUT2D eigenvalue weighted by Gasteiger charge is -2.40. The van der Waals surface area contributed by atoms with Crippen molar-refractivity contribution in [2.45, 2.75) is 50.3 Å². The minimum absolute atomic E-state index is 0. The van der Waals surface area contributed by atoms with Gasteiger partial charge < -0.3 is 21.1 Å². The Morgan fingerprint density at radius 3 is 2.70 bits per heavy atom. The summed E-state index contributed by atoms with van der Waals surface area (Å²) in [7, 11) is 1.77. The third-order valence-corrected chi connectivity index (χ3v) is 5.92. The number of benzene rings is 2. The highest BCUT2D eigenvalue weighted by atomic mass is 127. The topological polar surface area (TPSA) is 88.7 Å². The summed E-state index contributed by atoms with van der Waals surface area (Å²) in [6.07, 6.45) is 5.58. The van der Waals surface area contributed by atoms with Gasteiger partial charge in [0.2, 0.25) is 5.91 Å². The number of primary amides is 1. The van der Waals surface area contributed by atoms with Crippen molar-refractivity contribution in [3.63, 3.8) is 0 Å². The van der Waals surface area contributed by atoms with Gasteiger partial charge in [0, 0.05) is 31.1 Å². The molecule has 1 atom stereocenters. The van der Waals surface area contributed by atoms with Crippen molar-refractivity contribution in [1.82, 2.24) is 10.6 Å². The predicted molar refractivity (Wildman–Crippen MR) is 129 cm³/mol. The van der Waals surface area contributed by atoms with Crippen LogP contribution in [-0.2, 0) is 6.54 Å². The van der Waals surface area contributed by atoms with Crippen LogP contribution in [0.5, 0.6) is 5.75 Å². The summed E-state index contributed by atoms with van der Waals surface area (Å²) in [5.41, 5.74) is 7.97. The number of fused-ring (bicyclic) bond motifs is 1. The van der Waals surface area contributed by atoms with Gasteiger partial charge in [-0.2, -0.15) is 0 Å². The molecule has 1 aliphatic heterocycles. The highest BCUT2D eigenvalue weighted by Gasteiger charge is 2.43. The van der Waals surface area contributed by atoms with Crippen LogP contribution in [-0.4, -0.2) is 24.5 Å². The molecular weight excluding hydrogens is 491 g/mol. The van der Waals surface area contributed by atoms with Gasteiger partial charge in [0.1, 0.15) is 11.4 Å². The van der Waals surface area contributed by atoms with Gasteiger partial charge in [-0.3, -0.25) is 9.79 Å². The zero-order chi connectivity index (χ0) is 20.3. The number of nitrogens with two attached hydrogens (primary N) is 1. The van der Waals surface area contributed by atoms with Gasteiger partial charge in [-0.05, 0) is 49.4 Å². The second-order valence-electron chi connectivity index (χ2n) is 7.92. The number of carbonyl (C=O) groups excluding carboxylic acids is 1. The van der Waals surface area contributed by atoms with E-state index in [1.165, 1.54) is 18.4 Å². The van der Waals surface area contributed by atoms with Crippen molar-refractivity contribution in [2.75, 3.05) is 7.05 Å². The van der Waals surface area contributed by atoms with E-state index in [-0.39, 0.29) is 35.6 Å². The first-order chi connectivity index (χ1) is 14.1. The van der Waals surface area contributed by atoms with Gasteiger partial charge in [-0.1, -0.05) is 30.3 Å². The predicted octanol–water partition coefficient (Wildman–Crippen LogP) is 3.91. The fourth-order valence-corrected chi connectivity index (χ4v) is 4.45. The van der Waals surface area contributed by atoms with Crippen molar-refractivity contribution in [3.05, 3.63) is 65.2 Å². The van der Waals surface area contributed by atoms with Crippen molar-refractivity contribution in [1.29, 1.82) is 0 Å². The maximum Gasteiger partial charge on any atom is 0.248 e. The van der Waals surface area contributed by atoms with Gasteiger partial charge >= 0.3 is 0 Å². The molecule has 2 aliphatic rings. The Labute approximate surface area is 194 Å². The number of ether oxygens (including phenoxy) is 1. The number of para-hydroxylation sites is 1. The molecule has 4 N–H and O–H groups in total. The summed E-state index contributed by atoms with van der Waals surface area (Å²) < 4.78 is 6.45. The number of hydrogen-bond acceptors (Lipinski definition) is 3. The minimum Gasteiger partial charge on any atom is -0.487 e. The fourth-order valence-electron chi connectivity index (χ4n) is 4.45. The van der Waals surface area contributed by atoms with Gasteiger partial charge in [0.15, 0.2) is 5.96 Å². The number of rotatable bonds is 4. The Morgan fingerprint density at radius 1 is 1.20 bits per heavy atom. The van der Waals surface area contributed by atoms with E-state index >= 15 is 0 Å². The normalized spacial score (nSPS) is 19.4. The van der Waals surface area contributed by atoms with Crippen LogP contribution in [0.15, 0.2) is 53.5 Å². The van der Waals surface area contributed by atoms with E-state index in [0.717, 1.165) is 36.5 Å². The summed E-state index contributed by atoms with van der Waals surface area (Å²) in [5.74, 6) is 1.28. The molecule has 1 heterocycles. The highest BCUT2D eigenvalue weighted by Crippen LogP contribution is 2.46. The zero-order valence-corrected chi connectivity index (χ0v) is 19.5. The highest BCUT2D eigenvalue weighted by molar-refractivity contribution is 14.0. The Morgan fingerprint density at radius 2 is 1.97 bits per heavy atom. The maximum absolute atomic E-state index is 11.4. The Balaban J connectivity index is 0.00000256. The monoisotopic (exact) mass is 520 g/mol. The Hall–Kier alpha value is -2.29. The zero-order valence-electron chi connectivity index (χ0n) is 17.2. The summed E-state index contributed by atoms with van der Waals surface area (Å²) in [5, 5.41) is 6.94. The quantitative estimate of drug-likeness (QED) is 0.324. The lowest BCUT2D eigenvalue weighted by Crippen LogP contribution is -2.46. The molecule has 0 radical (unpaired) electrons. The molecule has 2 aromatic carbocycles. The molecule has 7 heteroatoms. The second kappa shape index (κ2) is 9.68. The molecule has 1 saturated carbocycles. The van der Waals surface area contributed by atoms with E-state index in [1.54, 1.807) is 19.2 Å². The van der Waals surface area contributed by atoms with Crippen LogP contribution in [0.2, 0.25) is 0 Å². The van der Waals surface area contributed by atoms with Gasteiger partial charge in [0.25, 0.3) is 0 Å². The van der Waals surface area contributed by atoms with Crippen molar-refractivity contribution < 1.29 is 9.53 Å². The third kappa shape index (κ3) is 4.88. The number of aliphatic imine (C=N–C) groups is 1. The van der Waals surface area contributed by atoms with Gasteiger partial charge in [0.05, 0.1) is 6.04 Å². The van der Waals surface area contributed by atoms with Crippen molar-refractivity contribution >= 4 is 35.8 Å². The fraction of sp³-hybridized carbons (Fsp3) is 0.391. The van der Waals surface area contributed by atoms with Crippen LogP contribution in [0.25, 0.3) is 0 Å². The molecule has 1 unspecified atom stereocenters.